The van der Waals surface area contributed by atoms with E-state index in [1.165, 1.54) is 0 Å². The highest BCUT2D eigenvalue weighted by molar-refractivity contribution is 5.75. The number of hydrogen-bond acceptors (Lipinski definition) is 2. The second-order valence-electron chi connectivity index (χ2n) is 0.283. The van der Waals surface area contributed by atoms with Crippen molar-refractivity contribution >= 4 is 23.5 Å². The molecule has 7 heavy (non-hydrogen) atoms. The smallest absolute Gasteiger partial charge is 0.450 e. The first-order valence-corrected chi connectivity index (χ1v) is 0.651. The van der Waals surface area contributed by atoms with Crippen molar-refractivity contribution in [3.63, 3.8) is 0 Å². The topological polar surface area (TPSA) is 124 Å². The molecule has 6 heteroatoms. The Morgan fingerprint density at radius 3 is 1.29 bits per heavy atom. The van der Waals surface area contributed by atoms with Crippen molar-refractivity contribution in [3.8, 4) is 0 Å². The quantitative estimate of drug-likeness (QED) is 0.338. The molecule has 7 N–H and O–H groups in total. The zero-order chi connectivity index (χ0) is 3.58. The van der Waals surface area contributed by atoms with Crippen LogP contribution in [-0.2, 0) is 0 Å². The summed E-state index contributed by atoms with van der Waals surface area (Å²) in [6, 6.07) is 0. The van der Waals surface area contributed by atoms with E-state index >= 15 is 0 Å². The summed E-state index contributed by atoms with van der Waals surface area (Å²) in [6.45, 7) is 0. The van der Waals surface area contributed by atoms with Crippen molar-refractivity contribution in [2.24, 2.45) is 0 Å². The first kappa shape index (κ1) is 29.7. The Morgan fingerprint density at radius 2 is 1.29 bits per heavy atom. The Labute approximate surface area is 51.0 Å². The van der Waals surface area contributed by atoms with Gasteiger partial charge in [0.05, 0.1) is 0 Å². The second-order valence-corrected chi connectivity index (χ2v) is 0.283. The molecule has 0 radical (unpaired) electrons. The number of carbonyl (C=O) groups is 1. The largest absolute Gasteiger partial charge is 0.503 e. The maximum absolute atomic E-state index is 8.56. The van der Waals surface area contributed by atoms with Crippen LogP contribution in [0.3, 0.4) is 0 Å². The molecule has 0 aliphatic rings. The van der Waals surface area contributed by atoms with Crippen molar-refractivity contribution in [1.29, 1.82) is 0 Å². The molecule has 0 aromatic heterocycles. The van der Waals surface area contributed by atoms with Crippen LogP contribution in [-0.4, -0.2) is 39.2 Å². The van der Waals surface area contributed by atoms with Gasteiger partial charge in [-0.1, -0.05) is 0 Å². The van der Waals surface area contributed by atoms with E-state index in [1.54, 1.807) is 0 Å². The maximum atomic E-state index is 8.56. The summed E-state index contributed by atoms with van der Waals surface area (Å²) in [5.74, 6) is 0. The minimum Gasteiger partial charge on any atom is -0.450 e. The summed E-state index contributed by atoms with van der Waals surface area (Å²) in [5.41, 5.74) is 0. The van der Waals surface area contributed by atoms with Crippen molar-refractivity contribution in [2.45, 2.75) is 0 Å². The van der Waals surface area contributed by atoms with Gasteiger partial charge in [-0.3, -0.25) is 0 Å². The lowest BCUT2D eigenvalue weighted by molar-refractivity contribution is 0.137. The average molecular weight is 127 g/mol. The predicted octanol–water partition coefficient (Wildman–Crippen LogP) is -1.62. The van der Waals surface area contributed by atoms with Gasteiger partial charge in [-0.15, -0.1) is 0 Å². The van der Waals surface area contributed by atoms with E-state index in [9.17, 15) is 0 Å². The third-order valence-electron chi connectivity index (χ3n) is 0. The van der Waals surface area contributed by atoms with E-state index in [0.29, 0.717) is 0 Å². The van der Waals surface area contributed by atoms with E-state index in [-0.39, 0.29) is 29.0 Å². The highest BCUT2D eigenvalue weighted by Gasteiger charge is 1.70. The fourth-order valence-corrected chi connectivity index (χ4v) is 0. The number of carboxylic acid groups (broad SMARTS) is 2. The van der Waals surface area contributed by atoms with E-state index in [4.69, 9.17) is 15.0 Å². The molecule has 5 nitrogen and oxygen atoms in total. The lowest BCUT2D eigenvalue weighted by atomic mass is 11.5. The average Bonchev–Trinajstić information content (AvgIpc) is 0.811. The summed E-state index contributed by atoms with van der Waals surface area (Å²) in [6.07, 6.45) is -1.83. The molecule has 0 bridgehead atoms. The molecule has 0 saturated heterocycles. The van der Waals surface area contributed by atoms with Gasteiger partial charge in [-0.05, 0) is 0 Å². The third-order valence-corrected chi connectivity index (χ3v) is 0. The van der Waals surface area contributed by atoms with Crippen LogP contribution in [0.2, 0.25) is 0 Å². The first-order chi connectivity index (χ1) is 1.73. The maximum Gasteiger partial charge on any atom is 0.503 e. The van der Waals surface area contributed by atoms with E-state index < -0.39 is 6.16 Å². The summed E-state index contributed by atoms with van der Waals surface area (Å²) in [5, 5.41) is 13.9. The molecule has 0 spiro atoms. The summed E-state index contributed by atoms with van der Waals surface area (Å²) < 4.78 is 0. The van der Waals surface area contributed by atoms with E-state index in [0.717, 1.165) is 0 Å². The van der Waals surface area contributed by atoms with Gasteiger partial charge < -0.3 is 21.8 Å². The van der Waals surface area contributed by atoms with Crippen LogP contribution in [0.4, 0.5) is 4.79 Å². The Morgan fingerprint density at radius 1 is 1.29 bits per heavy atom. The standard InChI is InChI=1S/CH2O3.Al.H3N.H2O.3H/c2-1(3)4;;;;;;/h(H2,2,3,4);;1H3;1H2;;;. The van der Waals surface area contributed by atoms with Gasteiger partial charge in [0.15, 0.2) is 17.4 Å². The van der Waals surface area contributed by atoms with Crippen LogP contribution >= 0.6 is 0 Å². The Bertz CT molecular complexity index is 34.7. The predicted molar refractivity (Wildman–Crippen MR) is 29.2 cm³/mol. The van der Waals surface area contributed by atoms with Crippen molar-refractivity contribution in [3.05, 3.63) is 0 Å². The Hall–Kier alpha value is -0.278. The Balaban J connectivity index is -0.0000000150. The second kappa shape index (κ2) is 17.2. The molecule has 0 aliphatic heterocycles. The monoisotopic (exact) mass is 127 g/mol. The van der Waals surface area contributed by atoms with Gasteiger partial charge >= 0.3 is 6.16 Å². The molecular formula is CH10AlNO4. The normalized spacial score (nSPS) is 3.43. The fourth-order valence-electron chi connectivity index (χ4n) is 0. The zero-order valence-electron chi connectivity index (χ0n) is 3.01. The van der Waals surface area contributed by atoms with Crippen LogP contribution in [0.15, 0.2) is 0 Å². The highest BCUT2D eigenvalue weighted by atomic mass is 27.0. The van der Waals surface area contributed by atoms with Gasteiger partial charge in [-0.2, -0.15) is 0 Å². The van der Waals surface area contributed by atoms with Gasteiger partial charge in [0.25, 0.3) is 0 Å². The van der Waals surface area contributed by atoms with Crippen molar-refractivity contribution < 1.29 is 20.5 Å². The zero-order valence-corrected chi connectivity index (χ0v) is 3.01. The SMILES string of the molecule is N.O.O=C(O)O.[AlH3]. The molecule has 46 valence electrons. The molecule has 0 rings (SSSR count). The van der Waals surface area contributed by atoms with Gasteiger partial charge in [0.1, 0.15) is 0 Å². The molecule has 0 aromatic carbocycles. The molecule has 0 amide bonds. The summed E-state index contributed by atoms with van der Waals surface area (Å²) in [4.78, 5) is 8.56. The van der Waals surface area contributed by atoms with Crippen LogP contribution in [0.1, 0.15) is 0 Å². The van der Waals surface area contributed by atoms with E-state index in [2.05, 4.69) is 0 Å². The number of hydrogen-bond donors (Lipinski definition) is 3. The highest BCUT2D eigenvalue weighted by Crippen LogP contribution is 1.42. The lowest BCUT2D eigenvalue weighted by Crippen LogP contribution is -1.81. The minimum atomic E-state index is -1.83. The van der Waals surface area contributed by atoms with E-state index in [1.807, 2.05) is 0 Å². The molecule has 0 aliphatic carbocycles. The summed E-state index contributed by atoms with van der Waals surface area (Å²) in [7, 11) is 0. The molecule has 0 fully saturated rings. The van der Waals surface area contributed by atoms with Gasteiger partial charge in [0, 0.05) is 0 Å². The summed E-state index contributed by atoms with van der Waals surface area (Å²) >= 11 is 0. The van der Waals surface area contributed by atoms with Crippen LogP contribution in [0.25, 0.3) is 0 Å². The fraction of sp³-hybridized carbons (Fsp3) is 0. The minimum absolute atomic E-state index is 0. The number of rotatable bonds is 0. The lowest BCUT2D eigenvalue weighted by Gasteiger charge is -1.60. The van der Waals surface area contributed by atoms with Crippen LogP contribution in [0, 0.1) is 0 Å². The van der Waals surface area contributed by atoms with Gasteiger partial charge in [-0.25, -0.2) is 4.79 Å². The molecule has 0 unspecified atom stereocenters. The Kier molecular flexibility index (Phi) is 73.1. The van der Waals surface area contributed by atoms with Crippen LogP contribution in [0.5, 0.6) is 0 Å². The molecular weight excluding hydrogens is 117 g/mol. The molecule has 0 atom stereocenters. The molecule has 0 saturated carbocycles. The van der Waals surface area contributed by atoms with Gasteiger partial charge in [0.2, 0.25) is 0 Å². The van der Waals surface area contributed by atoms with Crippen molar-refractivity contribution in [2.75, 3.05) is 0 Å². The van der Waals surface area contributed by atoms with Crippen LogP contribution < -0.4 is 6.15 Å². The van der Waals surface area contributed by atoms with Crippen molar-refractivity contribution in [1.82, 2.24) is 6.15 Å². The first-order valence-electron chi connectivity index (χ1n) is 0.651. The molecule has 0 heterocycles. The molecule has 0 aromatic rings. The third kappa shape index (κ3) is 1030.